The second-order valence-corrected chi connectivity index (χ2v) is 3.42. The molecule has 0 aliphatic heterocycles. The molecule has 1 aromatic rings. The molecule has 1 rings (SSSR count). The second-order valence-electron chi connectivity index (χ2n) is 1.51. The van der Waals surface area contributed by atoms with Crippen LogP contribution in [0.3, 0.4) is 0 Å². The van der Waals surface area contributed by atoms with Gasteiger partial charge in [-0.3, -0.25) is 0 Å². The normalized spacial score (nSPS) is 10.9. The maximum atomic E-state index is 11.9. The lowest BCUT2D eigenvalue weighted by molar-refractivity contribution is 0.0540. The Morgan fingerprint density at radius 2 is 2.30 bits per heavy atom. The fourth-order valence-electron chi connectivity index (χ4n) is 0.462. The smallest absolute Gasteiger partial charge is 0.196 e. The van der Waals surface area contributed by atoms with E-state index < -0.39 is 6.55 Å². The van der Waals surface area contributed by atoms with Gasteiger partial charge < -0.3 is 0 Å². The van der Waals surface area contributed by atoms with Crippen molar-refractivity contribution in [2.45, 2.75) is 6.55 Å². The molecule has 0 fully saturated rings. The molecule has 0 bridgehead atoms. The highest BCUT2D eigenvalue weighted by Gasteiger charge is 2.12. The van der Waals surface area contributed by atoms with E-state index >= 15 is 0 Å². The minimum absolute atomic E-state index is 0.322. The summed E-state index contributed by atoms with van der Waals surface area (Å²) in [6, 6.07) is 0. The van der Waals surface area contributed by atoms with Crippen LogP contribution in [-0.4, -0.2) is 9.78 Å². The highest BCUT2D eigenvalue weighted by molar-refractivity contribution is 14.1. The van der Waals surface area contributed by atoms with Crippen molar-refractivity contribution in [2.75, 3.05) is 0 Å². The van der Waals surface area contributed by atoms with Crippen molar-refractivity contribution in [3.05, 3.63) is 14.4 Å². The zero-order valence-electron chi connectivity index (χ0n) is 4.56. The summed E-state index contributed by atoms with van der Waals surface area (Å²) in [5.74, 6) is 0. The Morgan fingerprint density at radius 1 is 1.70 bits per heavy atom. The van der Waals surface area contributed by atoms with Crippen LogP contribution in [0.5, 0.6) is 0 Å². The van der Waals surface area contributed by atoms with Crippen LogP contribution in [-0.2, 0) is 0 Å². The Labute approximate surface area is 77.9 Å². The SMILES string of the molecule is FC(F)n1ncc(I)c1Br. The molecule has 0 aliphatic rings. The maximum Gasteiger partial charge on any atom is 0.334 e. The summed E-state index contributed by atoms with van der Waals surface area (Å²) >= 11 is 4.88. The molecule has 1 heterocycles. The van der Waals surface area contributed by atoms with Gasteiger partial charge in [0.1, 0.15) is 4.60 Å². The van der Waals surface area contributed by atoms with Crippen LogP contribution in [0.4, 0.5) is 8.78 Å². The molecule has 6 heteroatoms. The van der Waals surface area contributed by atoms with E-state index in [1.165, 1.54) is 6.20 Å². The first-order valence-corrected chi connectivity index (χ1v) is 4.16. The van der Waals surface area contributed by atoms with Crippen LogP contribution in [0.1, 0.15) is 6.55 Å². The van der Waals surface area contributed by atoms with Gasteiger partial charge in [0.2, 0.25) is 0 Å². The quantitative estimate of drug-likeness (QED) is 0.727. The molecule has 56 valence electrons. The lowest BCUT2D eigenvalue weighted by atomic mass is 10.7. The lowest BCUT2D eigenvalue weighted by Crippen LogP contribution is -1.99. The number of alkyl halides is 2. The number of nitrogens with zero attached hydrogens (tertiary/aromatic N) is 2. The van der Waals surface area contributed by atoms with Gasteiger partial charge in [0.05, 0.1) is 9.77 Å². The van der Waals surface area contributed by atoms with Gasteiger partial charge >= 0.3 is 6.55 Å². The number of rotatable bonds is 1. The van der Waals surface area contributed by atoms with Crippen LogP contribution in [0.15, 0.2) is 10.8 Å². The topological polar surface area (TPSA) is 17.8 Å². The van der Waals surface area contributed by atoms with Crippen molar-refractivity contribution >= 4 is 38.5 Å². The van der Waals surface area contributed by atoms with Gasteiger partial charge in [-0.25, -0.2) is 0 Å². The summed E-state index contributed by atoms with van der Waals surface area (Å²) in [6.45, 7) is -2.57. The molecule has 1 aromatic heterocycles. The summed E-state index contributed by atoms with van der Waals surface area (Å²) in [4.78, 5) is 0. The van der Waals surface area contributed by atoms with Gasteiger partial charge in [0.25, 0.3) is 0 Å². The average Bonchev–Trinajstić information content (AvgIpc) is 2.14. The molecule has 0 saturated carbocycles. The third kappa shape index (κ3) is 1.47. The first-order chi connectivity index (χ1) is 4.63. The van der Waals surface area contributed by atoms with E-state index in [0.29, 0.717) is 12.9 Å². The van der Waals surface area contributed by atoms with Gasteiger partial charge in [-0.2, -0.15) is 18.6 Å². The predicted octanol–water partition coefficient (Wildman–Crippen LogP) is 2.65. The Morgan fingerprint density at radius 3 is 2.50 bits per heavy atom. The Balaban J connectivity index is 3.05. The summed E-state index contributed by atoms with van der Waals surface area (Å²) < 4.78 is 25.4. The molecule has 0 aromatic carbocycles. The van der Waals surface area contributed by atoms with Gasteiger partial charge in [-0.15, -0.1) is 0 Å². The van der Waals surface area contributed by atoms with Crippen molar-refractivity contribution in [3.8, 4) is 0 Å². The van der Waals surface area contributed by atoms with E-state index in [9.17, 15) is 8.78 Å². The van der Waals surface area contributed by atoms with E-state index in [4.69, 9.17) is 0 Å². The summed E-state index contributed by atoms with van der Waals surface area (Å²) in [7, 11) is 0. The second kappa shape index (κ2) is 3.12. The molecule has 0 aliphatic carbocycles. The van der Waals surface area contributed by atoms with Crippen molar-refractivity contribution < 1.29 is 8.78 Å². The summed E-state index contributed by atoms with van der Waals surface area (Å²) in [6.07, 6.45) is 1.37. The van der Waals surface area contributed by atoms with E-state index in [1.54, 1.807) is 0 Å². The van der Waals surface area contributed by atoms with Gasteiger partial charge in [-0.1, -0.05) is 0 Å². The molecule has 10 heavy (non-hydrogen) atoms. The van der Waals surface area contributed by atoms with Crippen molar-refractivity contribution in [1.82, 2.24) is 9.78 Å². The monoisotopic (exact) mass is 322 g/mol. The van der Waals surface area contributed by atoms with Gasteiger partial charge in [-0.05, 0) is 38.5 Å². The largest absolute Gasteiger partial charge is 0.334 e. The zero-order valence-corrected chi connectivity index (χ0v) is 8.30. The van der Waals surface area contributed by atoms with Crippen LogP contribution < -0.4 is 0 Å². The fraction of sp³-hybridized carbons (Fsp3) is 0.250. The van der Waals surface area contributed by atoms with E-state index in [1.807, 2.05) is 22.6 Å². The standard InChI is InChI=1S/C4H2BrF2IN2/c5-3-2(8)1-9-10(3)4(6)7/h1,4H. The summed E-state index contributed by atoms with van der Waals surface area (Å²) in [5.41, 5.74) is 0. The average molecular weight is 323 g/mol. The maximum absolute atomic E-state index is 11.9. The Bertz CT molecular complexity index is 237. The molecule has 0 N–H and O–H groups in total. The molecule has 2 nitrogen and oxygen atoms in total. The van der Waals surface area contributed by atoms with Gasteiger partial charge in [0.15, 0.2) is 0 Å². The molecule has 0 spiro atoms. The predicted molar refractivity (Wildman–Crippen MR) is 43.9 cm³/mol. The molecule has 0 radical (unpaired) electrons. The number of aromatic nitrogens is 2. The molecule has 0 saturated heterocycles. The third-order valence-electron chi connectivity index (χ3n) is 0.879. The fourth-order valence-corrected chi connectivity index (χ4v) is 1.18. The number of halogens is 4. The molecule has 0 atom stereocenters. The van der Waals surface area contributed by atoms with Crippen LogP contribution in [0, 0.1) is 3.57 Å². The van der Waals surface area contributed by atoms with Crippen LogP contribution in [0.2, 0.25) is 0 Å². The van der Waals surface area contributed by atoms with E-state index in [-0.39, 0.29) is 0 Å². The van der Waals surface area contributed by atoms with Crippen LogP contribution in [0.25, 0.3) is 0 Å². The van der Waals surface area contributed by atoms with E-state index in [2.05, 4.69) is 21.0 Å². The van der Waals surface area contributed by atoms with Gasteiger partial charge in [0, 0.05) is 0 Å². The van der Waals surface area contributed by atoms with Crippen molar-refractivity contribution in [3.63, 3.8) is 0 Å². The zero-order chi connectivity index (χ0) is 7.72. The highest BCUT2D eigenvalue weighted by atomic mass is 127. The number of hydrogen-bond acceptors (Lipinski definition) is 1. The highest BCUT2D eigenvalue weighted by Crippen LogP contribution is 2.22. The Kier molecular flexibility index (Phi) is 2.61. The molecular weight excluding hydrogens is 321 g/mol. The third-order valence-corrected chi connectivity index (χ3v) is 3.20. The molecule has 0 unspecified atom stereocenters. The molecular formula is C4H2BrF2IN2. The first-order valence-electron chi connectivity index (χ1n) is 2.29. The first kappa shape index (κ1) is 8.38. The van der Waals surface area contributed by atoms with Crippen molar-refractivity contribution in [1.29, 1.82) is 0 Å². The van der Waals surface area contributed by atoms with Crippen molar-refractivity contribution in [2.24, 2.45) is 0 Å². The number of hydrogen-bond donors (Lipinski definition) is 0. The Hall–Kier alpha value is 0.280. The van der Waals surface area contributed by atoms with Crippen LogP contribution >= 0.6 is 38.5 Å². The minimum Gasteiger partial charge on any atom is -0.196 e. The minimum atomic E-state index is -2.57. The summed E-state index contributed by atoms with van der Waals surface area (Å²) in [5, 5.41) is 3.43. The lowest BCUT2D eigenvalue weighted by Gasteiger charge is -1.98. The van der Waals surface area contributed by atoms with E-state index in [0.717, 1.165) is 0 Å². The molecule has 0 amide bonds.